The largest absolute Gasteiger partial charge is 0.342 e. The Morgan fingerprint density at radius 3 is 2.35 bits per heavy atom. The summed E-state index contributed by atoms with van der Waals surface area (Å²) in [6, 6.07) is 0.791. The minimum atomic E-state index is 0.439. The maximum atomic E-state index is 12.6. The average Bonchev–Trinajstić information content (AvgIpc) is 3.05. The third-order valence-electron chi connectivity index (χ3n) is 7.38. The standard InChI is InChI=1S/C20H34N2O/c1-15-5-2-3-11-21(15)12-8-16-9-13-22(14-10-16)20(23)19-17-6-4-7-18(17)19/h15-19H,2-14H2,1H3/t15-,17+,18+/m1/s1. The fourth-order valence-electron chi connectivity index (χ4n) is 5.68. The third kappa shape index (κ3) is 3.31. The first-order valence-corrected chi connectivity index (χ1v) is 10.3. The van der Waals surface area contributed by atoms with Crippen molar-refractivity contribution in [2.75, 3.05) is 26.2 Å². The molecule has 2 aliphatic heterocycles. The summed E-state index contributed by atoms with van der Waals surface area (Å²) < 4.78 is 0. The van der Waals surface area contributed by atoms with E-state index in [9.17, 15) is 4.79 Å². The normalized spacial score (nSPS) is 38.6. The van der Waals surface area contributed by atoms with Crippen LogP contribution in [0.1, 0.15) is 64.7 Å². The molecule has 2 heterocycles. The molecule has 0 unspecified atom stereocenters. The number of fused-ring (bicyclic) bond motifs is 1. The van der Waals surface area contributed by atoms with Crippen LogP contribution in [0.4, 0.5) is 0 Å². The number of carbonyl (C=O) groups excluding carboxylic acids is 1. The van der Waals surface area contributed by atoms with Gasteiger partial charge in [-0.1, -0.05) is 12.8 Å². The van der Waals surface area contributed by atoms with Crippen LogP contribution in [-0.2, 0) is 4.79 Å². The molecule has 3 heteroatoms. The van der Waals surface area contributed by atoms with Crippen molar-refractivity contribution in [2.45, 2.75) is 70.8 Å². The van der Waals surface area contributed by atoms with Crippen molar-refractivity contribution < 1.29 is 4.79 Å². The lowest BCUT2D eigenvalue weighted by Gasteiger charge is -2.36. The van der Waals surface area contributed by atoms with Crippen LogP contribution in [0.15, 0.2) is 0 Å². The minimum Gasteiger partial charge on any atom is -0.342 e. The van der Waals surface area contributed by atoms with E-state index in [1.807, 2.05) is 0 Å². The maximum absolute atomic E-state index is 12.6. The molecule has 1 amide bonds. The van der Waals surface area contributed by atoms with Gasteiger partial charge in [0.2, 0.25) is 5.91 Å². The number of hydrogen-bond donors (Lipinski definition) is 0. The molecule has 4 aliphatic rings. The SMILES string of the molecule is C[C@@H]1CCCCN1CCC1CCN(C(=O)C2[C@H]3CCC[C@H]23)CC1. The van der Waals surface area contributed by atoms with E-state index in [0.717, 1.165) is 36.9 Å². The third-order valence-corrected chi connectivity index (χ3v) is 7.38. The van der Waals surface area contributed by atoms with Crippen molar-refractivity contribution in [3.8, 4) is 0 Å². The van der Waals surface area contributed by atoms with E-state index in [-0.39, 0.29) is 0 Å². The van der Waals surface area contributed by atoms with Crippen LogP contribution in [0.3, 0.4) is 0 Å². The van der Waals surface area contributed by atoms with Gasteiger partial charge in [-0.05, 0) is 82.7 Å². The molecule has 2 aliphatic carbocycles. The number of carbonyl (C=O) groups is 1. The van der Waals surface area contributed by atoms with Gasteiger partial charge in [0.05, 0.1) is 0 Å². The van der Waals surface area contributed by atoms with Gasteiger partial charge in [-0.25, -0.2) is 0 Å². The Balaban J connectivity index is 1.18. The Hall–Kier alpha value is -0.570. The molecule has 0 aromatic rings. The highest BCUT2D eigenvalue weighted by Gasteiger charge is 2.57. The van der Waals surface area contributed by atoms with Crippen LogP contribution < -0.4 is 0 Å². The second-order valence-corrected chi connectivity index (χ2v) is 8.72. The van der Waals surface area contributed by atoms with E-state index in [4.69, 9.17) is 0 Å². The Morgan fingerprint density at radius 1 is 0.913 bits per heavy atom. The van der Waals surface area contributed by atoms with Crippen molar-refractivity contribution >= 4 is 5.91 Å². The van der Waals surface area contributed by atoms with Crippen molar-refractivity contribution in [2.24, 2.45) is 23.7 Å². The van der Waals surface area contributed by atoms with E-state index in [2.05, 4.69) is 16.7 Å². The zero-order chi connectivity index (χ0) is 15.8. The quantitative estimate of drug-likeness (QED) is 0.791. The van der Waals surface area contributed by atoms with Crippen LogP contribution in [0, 0.1) is 23.7 Å². The Labute approximate surface area is 141 Å². The molecule has 130 valence electrons. The highest BCUT2D eigenvalue weighted by atomic mass is 16.2. The Kier molecular flexibility index (Phi) is 4.67. The smallest absolute Gasteiger partial charge is 0.226 e. The molecule has 3 atom stereocenters. The molecule has 0 N–H and O–H groups in total. The van der Waals surface area contributed by atoms with Gasteiger partial charge >= 0.3 is 0 Å². The predicted octanol–water partition coefficient (Wildman–Crippen LogP) is 3.54. The summed E-state index contributed by atoms with van der Waals surface area (Å²) in [6.07, 6.45) is 12.1. The molecule has 2 saturated carbocycles. The monoisotopic (exact) mass is 318 g/mol. The molecule has 0 aromatic carbocycles. The van der Waals surface area contributed by atoms with Gasteiger partial charge in [-0.15, -0.1) is 0 Å². The highest BCUT2D eigenvalue weighted by molar-refractivity contribution is 5.82. The second kappa shape index (κ2) is 6.74. The zero-order valence-electron chi connectivity index (χ0n) is 14.9. The van der Waals surface area contributed by atoms with Gasteiger partial charge < -0.3 is 9.80 Å². The number of piperidine rings is 2. The molecule has 23 heavy (non-hydrogen) atoms. The summed E-state index contributed by atoms with van der Waals surface area (Å²) in [6.45, 7) is 7.06. The summed E-state index contributed by atoms with van der Waals surface area (Å²) >= 11 is 0. The van der Waals surface area contributed by atoms with Gasteiger partial charge in [0.15, 0.2) is 0 Å². The van der Waals surface area contributed by atoms with Crippen molar-refractivity contribution in [3.63, 3.8) is 0 Å². The summed E-state index contributed by atoms with van der Waals surface area (Å²) in [5.41, 5.74) is 0. The van der Waals surface area contributed by atoms with E-state index < -0.39 is 0 Å². The molecule has 0 bridgehead atoms. The molecule has 0 radical (unpaired) electrons. The molecule has 0 aromatic heterocycles. The fourth-order valence-corrected chi connectivity index (χ4v) is 5.68. The minimum absolute atomic E-state index is 0.439. The topological polar surface area (TPSA) is 23.6 Å². The number of rotatable bonds is 4. The van der Waals surface area contributed by atoms with Crippen LogP contribution in [0.5, 0.6) is 0 Å². The lowest BCUT2D eigenvalue weighted by atomic mass is 9.92. The molecular weight excluding hydrogens is 284 g/mol. The van der Waals surface area contributed by atoms with Crippen LogP contribution in [-0.4, -0.2) is 47.9 Å². The lowest BCUT2D eigenvalue weighted by molar-refractivity contribution is -0.134. The Morgan fingerprint density at radius 2 is 1.65 bits per heavy atom. The summed E-state index contributed by atoms with van der Waals surface area (Å²) in [5, 5.41) is 0. The number of likely N-dealkylation sites (tertiary alicyclic amines) is 2. The van der Waals surface area contributed by atoms with Crippen molar-refractivity contribution in [3.05, 3.63) is 0 Å². The summed E-state index contributed by atoms with van der Waals surface area (Å²) in [7, 11) is 0. The van der Waals surface area contributed by atoms with Gasteiger partial charge in [0.25, 0.3) is 0 Å². The molecular formula is C20H34N2O. The summed E-state index contributed by atoms with van der Waals surface area (Å²) in [5.74, 6) is 3.37. The molecule has 3 nitrogen and oxygen atoms in total. The van der Waals surface area contributed by atoms with E-state index in [1.165, 1.54) is 70.9 Å². The zero-order valence-corrected chi connectivity index (χ0v) is 14.9. The first-order valence-electron chi connectivity index (χ1n) is 10.3. The van der Waals surface area contributed by atoms with Crippen LogP contribution in [0.25, 0.3) is 0 Å². The van der Waals surface area contributed by atoms with E-state index in [1.54, 1.807) is 0 Å². The summed E-state index contributed by atoms with van der Waals surface area (Å²) in [4.78, 5) is 17.6. The number of amides is 1. The van der Waals surface area contributed by atoms with Crippen molar-refractivity contribution in [1.29, 1.82) is 0 Å². The average molecular weight is 319 g/mol. The first-order chi connectivity index (χ1) is 11.2. The molecule has 4 rings (SSSR count). The van der Waals surface area contributed by atoms with Crippen LogP contribution in [0.2, 0.25) is 0 Å². The first kappa shape index (κ1) is 15.9. The number of hydrogen-bond acceptors (Lipinski definition) is 2. The van der Waals surface area contributed by atoms with Crippen LogP contribution >= 0.6 is 0 Å². The molecule has 2 saturated heterocycles. The Bertz CT molecular complexity index is 419. The van der Waals surface area contributed by atoms with E-state index in [0.29, 0.717) is 11.8 Å². The number of nitrogens with zero attached hydrogens (tertiary/aromatic N) is 2. The van der Waals surface area contributed by atoms with Crippen molar-refractivity contribution in [1.82, 2.24) is 9.80 Å². The van der Waals surface area contributed by atoms with Gasteiger partial charge in [0.1, 0.15) is 0 Å². The fraction of sp³-hybridized carbons (Fsp3) is 0.950. The molecule has 0 spiro atoms. The molecule has 4 fully saturated rings. The lowest BCUT2D eigenvalue weighted by Crippen LogP contribution is -2.42. The second-order valence-electron chi connectivity index (χ2n) is 8.72. The van der Waals surface area contributed by atoms with Gasteiger partial charge in [-0.2, -0.15) is 0 Å². The van der Waals surface area contributed by atoms with Gasteiger partial charge in [0, 0.05) is 25.0 Å². The van der Waals surface area contributed by atoms with E-state index >= 15 is 0 Å². The maximum Gasteiger partial charge on any atom is 0.226 e. The predicted molar refractivity (Wildman–Crippen MR) is 93.1 cm³/mol. The highest BCUT2D eigenvalue weighted by Crippen LogP contribution is 2.58. The van der Waals surface area contributed by atoms with Gasteiger partial charge in [-0.3, -0.25) is 4.79 Å².